The molecule has 2 aromatic rings. The van der Waals surface area contributed by atoms with Crippen LogP contribution in [0.2, 0.25) is 0 Å². The number of fused-ring (bicyclic) bond motifs is 1. The molecular weight excluding hydrogens is 210 g/mol. The molecule has 2 rings (SSSR count). The van der Waals surface area contributed by atoms with Gasteiger partial charge in [-0.15, -0.1) is 0 Å². The fourth-order valence-electron chi connectivity index (χ4n) is 0.958. The molecule has 0 amide bonds. The van der Waals surface area contributed by atoms with Crippen LogP contribution in [0, 0.1) is 0 Å². The molecule has 0 aliphatic rings. The minimum absolute atomic E-state index is 0. The molecule has 7 nitrogen and oxygen atoms in total. The van der Waals surface area contributed by atoms with E-state index in [-0.39, 0.29) is 70.3 Å². The van der Waals surface area contributed by atoms with Gasteiger partial charge < -0.3 is 0 Å². The second-order valence-corrected chi connectivity index (χ2v) is 2.24. The molecule has 0 atom stereocenters. The second-order valence-electron chi connectivity index (χ2n) is 2.24. The van der Waals surface area contributed by atoms with Crippen LogP contribution >= 0.6 is 0 Å². The van der Waals surface area contributed by atoms with E-state index in [0.29, 0.717) is 0 Å². The molecule has 0 fully saturated rings. The van der Waals surface area contributed by atoms with Gasteiger partial charge in [0.1, 0.15) is 11.2 Å². The Labute approximate surface area is 120 Å². The fourth-order valence-corrected chi connectivity index (χ4v) is 0.958. The van der Waals surface area contributed by atoms with Crippen LogP contribution in [0.15, 0.2) is 14.4 Å². The first-order valence-electron chi connectivity index (χ1n) is 3.11. The number of H-pyrrole nitrogens is 4. The zero-order valence-corrected chi connectivity index (χ0v) is 5.72. The van der Waals surface area contributed by atoms with E-state index < -0.39 is 16.9 Å². The molecule has 4 N–H and O–H groups in total. The molecule has 0 unspecified atom stereocenters. The Balaban J connectivity index is 0.000000845. The Morgan fingerprint density at radius 3 is 1.79 bits per heavy atom. The van der Waals surface area contributed by atoms with E-state index in [1.165, 1.54) is 0 Å². The summed E-state index contributed by atoms with van der Waals surface area (Å²) in [4.78, 5) is 41.0. The van der Waals surface area contributed by atoms with Crippen LogP contribution in [-0.2, 0) is 0 Å². The van der Waals surface area contributed by atoms with Crippen molar-refractivity contribution in [2.45, 2.75) is 0 Å². The van der Waals surface area contributed by atoms with Crippen LogP contribution < -0.4 is 16.9 Å². The second kappa shape index (κ2) is 5.15. The van der Waals surface area contributed by atoms with Crippen LogP contribution in [0.4, 0.5) is 0 Å². The summed E-state index contributed by atoms with van der Waals surface area (Å²) < 4.78 is 0. The third-order valence-electron chi connectivity index (χ3n) is 1.42. The first kappa shape index (κ1) is 13.9. The average Bonchev–Trinajstić information content (AvgIpc) is 2.29. The van der Waals surface area contributed by atoms with Gasteiger partial charge in [0.05, 0.1) is 0 Å². The van der Waals surface area contributed by atoms with E-state index in [0.717, 1.165) is 0 Å². The Hall–Kier alpha value is -0.0500. The van der Waals surface area contributed by atoms with E-state index >= 15 is 0 Å². The number of nitrogens with one attached hydrogen (secondary N) is 4. The molecule has 2 aromatic heterocycles. The van der Waals surface area contributed by atoms with Gasteiger partial charge in [0.15, 0.2) is 0 Å². The average molecular weight is 216 g/mol. The minimum atomic E-state index is -0.650. The summed E-state index contributed by atoms with van der Waals surface area (Å²) in [5.74, 6) is 0. The normalized spacial score (nSPS) is 9.14. The Kier molecular flexibility index (Phi) is 5.13. The van der Waals surface area contributed by atoms with Gasteiger partial charge in [0.25, 0.3) is 5.56 Å². The number of imidazole rings is 1. The summed E-state index contributed by atoms with van der Waals surface area (Å²) in [5, 5.41) is 0. The zero-order valence-electron chi connectivity index (χ0n) is 5.72. The zero-order chi connectivity index (χ0) is 8.72. The van der Waals surface area contributed by atoms with Gasteiger partial charge in [-0.3, -0.25) is 24.7 Å². The van der Waals surface area contributed by atoms with Crippen LogP contribution in [-0.4, -0.2) is 79.1 Å². The molecule has 0 aliphatic carbocycles. The van der Waals surface area contributed by atoms with Gasteiger partial charge in [-0.1, -0.05) is 0 Å². The third kappa shape index (κ3) is 2.50. The molecule has 0 spiro atoms. The van der Waals surface area contributed by atoms with E-state index in [9.17, 15) is 14.4 Å². The van der Waals surface area contributed by atoms with Crippen molar-refractivity contribution in [2.75, 3.05) is 0 Å². The number of aromatic nitrogens is 4. The number of hydrogen-bond acceptors (Lipinski definition) is 3. The summed E-state index contributed by atoms with van der Waals surface area (Å²) in [6, 6.07) is 0. The summed E-state index contributed by atoms with van der Waals surface area (Å²) in [6.45, 7) is 0. The van der Waals surface area contributed by atoms with E-state index in [1.54, 1.807) is 0 Å². The first-order chi connectivity index (χ1) is 5.66. The molecule has 0 bridgehead atoms. The van der Waals surface area contributed by atoms with Crippen LogP contribution in [0.3, 0.4) is 0 Å². The summed E-state index contributed by atoms with van der Waals surface area (Å²) in [7, 11) is 0. The van der Waals surface area contributed by atoms with Gasteiger partial charge in [-0.2, -0.15) is 0 Å². The van der Waals surface area contributed by atoms with Crippen LogP contribution in [0.25, 0.3) is 11.2 Å². The molecule has 0 aliphatic heterocycles. The van der Waals surface area contributed by atoms with Gasteiger partial charge in [0.2, 0.25) is 0 Å². The van der Waals surface area contributed by atoms with Gasteiger partial charge in [-0.25, -0.2) is 9.59 Å². The predicted octanol–water partition coefficient (Wildman–Crippen LogP) is -3.06. The summed E-state index contributed by atoms with van der Waals surface area (Å²) in [6.07, 6.45) is 0. The Bertz CT molecular complexity index is 591. The van der Waals surface area contributed by atoms with Crippen molar-refractivity contribution in [1.29, 1.82) is 0 Å². The molecule has 9 heteroatoms. The maximum absolute atomic E-state index is 10.9. The van der Waals surface area contributed by atoms with E-state index in [4.69, 9.17) is 0 Å². The molecule has 2 heterocycles. The molecular formula is C5H6N4Na2O3. The number of rotatable bonds is 0. The van der Waals surface area contributed by atoms with E-state index in [2.05, 4.69) is 15.0 Å². The van der Waals surface area contributed by atoms with Gasteiger partial charge in [-0.05, 0) is 0 Å². The molecule has 66 valence electrons. The maximum atomic E-state index is 10.9. The van der Waals surface area contributed by atoms with Crippen molar-refractivity contribution in [2.24, 2.45) is 0 Å². The number of hydrogen-bond donors (Lipinski definition) is 4. The predicted molar refractivity (Wildman–Crippen MR) is 54.5 cm³/mol. The SMILES string of the molecule is O=c1[nH]c(=O)c2[nH]c(=O)[nH]c2[nH]1.[NaH].[NaH]. The van der Waals surface area contributed by atoms with Crippen molar-refractivity contribution in [3.63, 3.8) is 0 Å². The topological polar surface area (TPSA) is 114 Å². The van der Waals surface area contributed by atoms with Crippen molar-refractivity contribution >= 4 is 70.3 Å². The van der Waals surface area contributed by atoms with Crippen molar-refractivity contribution in [3.05, 3.63) is 31.3 Å². The Morgan fingerprint density at radius 2 is 1.21 bits per heavy atom. The third-order valence-corrected chi connectivity index (χ3v) is 1.42. The standard InChI is InChI=1S/C5H4N4O3.2Na.2H/c10-3-1-2(7-4(11)6-1)8-5(12)9-3;;;;/h(H4,6,7,8,9,10,11,12);;;;. The van der Waals surface area contributed by atoms with Crippen LogP contribution in [0.5, 0.6) is 0 Å². The van der Waals surface area contributed by atoms with Gasteiger partial charge in [0, 0.05) is 0 Å². The quantitative estimate of drug-likeness (QED) is 0.350. The fraction of sp³-hybridized carbons (Fsp3) is 0. The van der Waals surface area contributed by atoms with Crippen molar-refractivity contribution in [3.8, 4) is 0 Å². The Morgan fingerprint density at radius 1 is 0.714 bits per heavy atom. The van der Waals surface area contributed by atoms with Crippen molar-refractivity contribution < 1.29 is 0 Å². The molecule has 14 heavy (non-hydrogen) atoms. The first-order valence-corrected chi connectivity index (χ1v) is 3.11. The molecule has 0 saturated carbocycles. The molecule has 0 saturated heterocycles. The summed E-state index contributed by atoms with van der Waals surface area (Å²) >= 11 is 0. The summed E-state index contributed by atoms with van der Waals surface area (Å²) in [5.41, 5.74) is -1.65. The monoisotopic (exact) mass is 216 g/mol. The van der Waals surface area contributed by atoms with Crippen molar-refractivity contribution in [1.82, 2.24) is 19.9 Å². The molecule has 0 aromatic carbocycles. The van der Waals surface area contributed by atoms with E-state index in [1.807, 2.05) is 4.98 Å². The van der Waals surface area contributed by atoms with Crippen LogP contribution in [0.1, 0.15) is 0 Å². The van der Waals surface area contributed by atoms with Gasteiger partial charge >= 0.3 is 70.5 Å². The molecule has 0 radical (unpaired) electrons. The number of aromatic amines is 4.